The summed E-state index contributed by atoms with van der Waals surface area (Å²) < 4.78 is 0.817. The van der Waals surface area contributed by atoms with Crippen molar-refractivity contribution in [3.63, 3.8) is 0 Å². The molecule has 1 unspecified atom stereocenters. The third-order valence-electron chi connectivity index (χ3n) is 2.46. The number of carbonyl (C=O) groups excluding carboxylic acids is 2. The van der Waals surface area contributed by atoms with E-state index in [4.69, 9.17) is 6.42 Å². The van der Waals surface area contributed by atoms with Crippen LogP contribution in [0.4, 0.5) is 5.69 Å². The summed E-state index contributed by atoms with van der Waals surface area (Å²) in [4.78, 5) is 24.1. The SMILES string of the molecule is C#CCNC(=O)C[NH+](C)CC(=O)Nc1ccccc1Br. The van der Waals surface area contributed by atoms with E-state index < -0.39 is 0 Å². The van der Waals surface area contributed by atoms with E-state index in [9.17, 15) is 9.59 Å². The lowest BCUT2D eigenvalue weighted by atomic mass is 10.3. The number of quaternary nitrogens is 1. The Balaban J connectivity index is 2.41. The van der Waals surface area contributed by atoms with Crippen molar-refractivity contribution in [2.45, 2.75) is 0 Å². The molecule has 0 saturated carbocycles. The van der Waals surface area contributed by atoms with Crippen molar-refractivity contribution in [1.29, 1.82) is 0 Å². The normalized spacial score (nSPS) is 11.2. The van der Waals surface area contributed by atoms with Crippen LogP contribution in [0.25, 0.3) is 0 Å². The minimum absolute atomic E-state index is 0.154. The Hall–Kier alpha value is -1.84. The van der Waals surface area contributed by atoms with Gasteiger partial charge in [0.1, 0.15) is 0 Å². The highest BCUT2D eigenvalue weighted by Gasteiger charge is 2.14. The van der Waals surface area contributed by atoms with Crippen LogP contribution in [0.5, 0.6) is 0 Å². The molecule has 1 aromatic carbocycles. The molecule has 0 aliphatic heterocycles. The smallest absolute Gasteiger partial charge is 0.279 e. The predicted octanol–water partition coefficient (Wildman–Crippen LogP) is -0.348. The number of nitrogens with one attached hydrogen (secondary N) is 3. The van der Waals surface area contributed by atoms with Gasteiger partial charge in [-0.2, -0.15) is 0 Å². The van der Waals surface area contributed by atoms with Gasteiger partial charge in [-0.25, -0.2) is 0 Å². The lowest BCUT2D eigenvalue weighted by molar-refractivity contribution is -0.862. The number of terminal acetylenes is 1. The van der Waals surface area contributed by atoms with E-state index >= 15 is 0 Å². The van der Waals surface area contributed by atoms with Gasteiger partial charge in [0.05, 0.1) is 19.3 Å². The van der Waals surface area contributed by atoms with Crippen molar-refractivity contribution in [2.24, 2.45) is 0 Å². The number of anilines is 1. The summed E-state index contributed by atoms with van der Waals surface area (Å²) in [5.41, 5.74) is 0.710. The number of rotatable bonds is 6. The van der Waals surface area contributed by atoms with Gasteiger partial charge in [0, 0.05) is 4.47 Å². The molecule has 3 N–H and O–H groups in total. The second-order valence-electron chi connectivity index (χ2n) is 4.32. The molecule has 1 rings (SSSR count). The topological polar surface area (TPSA) is 62.6 Å². The van der Waals surface area contributed by atoms with Crippen LogP contribution >= 0.6 is 15.9 Å². The summed E-state index contributed by atoms with van der Waals surface area (Å²) in [6.07, 6.45) is 5.05. The van der Waals surface area contributed by atoms with E-state index in [1.807, 2.05) is 18.2 Å². The van der Waals surface area contributed by atoms with Crippen LogP contribution in [0.1, 0.15) is 0 Å². The molecule has 0 heterocycles. The lowest BCUT2D eigenvalue weighted by Crippen LogP contribution is -3.11. The Morgan fingerprint density at radius 2 is 1.95 bits per heavy atom. The van der Waals surface area contributed by atoms with Crippen LogP contribution in [-0.4, -0.2) is 38.5 Å². The Morgan fingerprint density at radius 1 is 1.30 bits per heavy atom. The summed E-state index contributed by atoms with van der Waals surface area (Å²) in [7, 11) is 1.77. The lowest BCUT2D eigenvalue weighted by Gasteiger charge is -2.13. The number of benzene rings is 1. The van der Waals surface area contributed by atoms with Gasteiger partial charge < -0.3 is 15.5 Å². The minimum atomic E-state index is -0.172. The molecular formula is C14H17BrN3O2+. The summed E-state index contributed by atoms with van der Waals surface area (Å²) in [5.74, 6) is 2.00. The second-order valence-corrected chi connectivity index (χ2v) is 5.17. The van der Waals surface area contributed by atoms with Crippen molar-refractivity contribution < 1.29 is 14.5 Å². The summed E-state index contributed by atoms with van der Waals surface area (Å²) >= 11 is 3.36. The number of halogens is 1. The van der Waals surface area contributed by atoms with Crippen molar-refractivity contribution in [2.75, 3.05) is 32.0 Å². The van der Waals surface area contributed by atoms with Gasteiger partial charge in [-0.1, -0.05) is 18.1 Å². The number of para-hydroxylation sites is 1. The molecule has 106 valence electrons. The van der Waals surface area contributed by atoms with E-state index in [1.165, 1.54) is 0 Å². The first-order valence-electron chi connectivity index (χ1n) is 6.08. The van der Waals surface area contributed by atoms with Crippen LogP contribution in [0.2, 0.25) is 0 Å². The number of carbonyl (C=O) groups is 2. The van der Waals surface area contributed by atoms with E-state index in [0.29, 0.717) is 5.69 Å². The maximum Gasteiger partial charge on any atom is 0.279 e. The molecule has 6 heteroatoms. The zero-order valence-corrected chi connectivity index (χ0v) is 12.8. The van der Waals surface area contributed by atoms with Crippen molar-refractivity contribution in [1.82, 2.24) is 5.32 Å². The third kappa shape index (κ3) is 5.87. The number of likely N-dealkylation sites (N-methyl/N-ethyl adjacent to an activating group) is 1. The molecule has 1 atom stereocenters. The van der Waals surface area contributed by atoms with E-state index in [1.54, 1.807) is 13.1 Å². The zero-order chi connectivity index (χ0) is 15.0. The van der Waals surface area contributed by atoms with E-state index in [-0.39, 0.29) is 31.4 Å². The molecule has 0 aromatic heterocycles. The van der Waals surface area contributed by atoms with Crippen molar-refractivity contribution in [3.05, 3.63) is 28.7 Å². The first kappa shape index (κ1) is 16.2. The van der Waals surface area contributed by atoms with Crippen molar-refractivity contribution >= 4 is 33.4 Å². The van der Waals surface area contributed by atoms with Crippen LogP contribution in [-0.2, 0) is 9.59 Å². The minimum Gasteiger partial charge on any atom is -0.340 e. The van der Waals surface area contributed by atoms with Gasteiger partial charge in [0.25, 0.3) is 11.8 Å². The first-order chi connectivity index (χ1) is 9.52. The molecule has 0 aliphatic carbocycles. The monoisotopic (exact) mass is 338 g/mol. The molecule has 0 radical (unpaired) electrons. The van der Waals surface area contributed by atoms with Crippen molar-refractivity contribution in [3.8, 4) is 12.3 Å². The van der Waals surface area contributed by atoms with Gasteiger partial charge in [-0.3, -0.25) is 9.59 Å². The molecule has 1 aromatic rings. The standard InChI is InChI=1S/C14H16BrN3O2/c1-3-8-16-13(19)9-18(2)10-14(20)17-12-7-5-4-6-11(12)15/h1,4-7H,8-10H2,2H3,(H,16,19)(H,17,20)/p+1. The zero-order valence-electron chi connectivity index (χ0n) is 11.2. The van der Waals surface area contributed by atoms with Gasteiger partial charge in [0.2, 0.25) is 0 Å². The molecule has 0 bridgehead atoms. The fourth-order valence-electron chi connectivity index (χ4n) is 1.58. The third-order valence-corrected chi connectivity index (χ3v) is 3.15. The quantitative estimate of drug-likeness (QED) is 0.621. The summed E-state index contributed by atoms with van der Waals surface area (Å²) in [6, 6.07) is 7.35. The maximum absolute atomic E-state index is 11.9. The fraction of sp³-hybridized carbons (Fsp3) is 0.286. The Morgan fingerprint density at radius 3 is 2.60 bits per heavy atom. The summed E-state index contributed by atoms with van der Waals surface area (Å²) in [6.45, 7) is 0.602. The highest BCUT2D eigenvalue weighted by Crippen LogP contribution is 2.20. The van der Waals surface area contributed by atoms with Gasteiger partial charge >= 0.3 is 0 Å². The number of hydrogen-bond acceptors (Lipinski definition) is 2. The Labute approximate surface area is 126 Å². The van der Waals surface area contributed by atoms with Crippen LogP contribution in [0.15, 0.2) is 28.7 Å². The predicted molar refractivity (Wildman–Crippen MR) is 81.2 cm³/mol. The van der Waals surface area contributed by atoms with Gasteiger partial charge in [0.15, 0.2) is 13.1 Å². The largest absolute Gasteiger partial charge is 0.340 e. The molecular weight excluding hydrogens is 322 g/mol. The Bertz CT molecular complexity index is 525. The van der Waals surface area contributed by atoms with Crippen LogP contribution in [0.3, 0.4) is 0 Å². The molecule has 5 nitrogen and oxygen atoms in total. The molecule has 0 spiro atoms. The maximum atomic E-state index is 11.9. The van der Waals surface area contributed by atoms with Gasteiger partial charge in [-0.05, 0) is 28.1 Å². The van der Waals surface area contributed by atoms with Crippen LogP contribution < -0.4 is 15.5 Å². The Kier molecular flexibility index (Phi) is 6.77. The highest BCUT2D eigenvalue weighted by molar-refractivity contribution is 9.10. The van der Waals surface area contributed by atoms with Crippen LogP contribution in [0, 0.1) is 12.3 Å². The number of hydrogen-bond donors (Lipinski definition) is 3. The van der Waals surface area contributed by atoms with E-state index in [2.05, 4.69) is 32.5 Å². The molecule has 20 heavy (non-hydrogen) atoms. The molecule has 0 saturated heterocycles. The summed E-state index contributed by atoms with van der Waals surface area (Å²) in [5, 5.41) is 5.35. The average molecular weight is 339 g/mol. The van der Waals surface area contributed by atoms with E-state index in [0.717, 1.165) is 9.37 Å². The molecule has 2 amide bonds. The highest BCUT2D eigenvalue weighted by atomic mass is 79.9. The number of amides is 2. The first-order valence-corrected chi connectivity index (χ1v) is 6.88. The molecule has 0 aliphatic rings. The second kappa shape index (κ2) is 8.35. The fourth-order valence-corrected chi connectivity index (χ4v) is 1.96. The van der Waals surface area contributed by atoms with Gasteiger partial charge in [-0.15, -0.1) is 6.42 Å². The average Bonchev–Trinajstić information content (AvgIpc) is 2.38. The molecule has 0 fully saturated rings.